The summed E-state index contributed by atoms with van der Waals surface area (Å²) in [5.41, 5.74) is 3.31. The maximum atomic E-state index is 12.9. The summed E-state index contributed by atoms with van der Waals surface area (Å²) in [5.74, 6) is 0.494. The van der Waals surface area contributed by atoms with Gasteiger partial charge in [-0.3, -0.25) is 9.59 Å². The highest BCUT2D eigenvalue weighted by Crippen LogP contribution is 2.27. The first kappa shape index (κ1) is 26.8. The average molecular weight is 555 g/mol. The minimum Gasteiger partial charge on any atom is -0.342 e. The third-order valence-corrected chi connectivity index (χ3v) is 7.63. The van der Waals surface area contributed by atoms with Crippen LogP contribution in [0, 0.1) is 12.8 Å². The van der Waals surface area contributed by atoms with Gasteiger partial charge in [-0.05, 0) is 37.1 Å². The highest BCUT2D eigenvalue weighted by Gasteiger charge is 2.25. The number of carbonyl (C=O) groups is 2. The molecule has 192 valence electrons. The molecular formula is C26H27ClN6O2S2. The van der Waals surface area contributed by atoms with Crippen molar-refractivity contribution >= 4 is 51.6 Å². The third-order valence-electron chi connectivity index (χ3n) is 5.60. The van der Waals surface area contributed by atoms with Crippen LogP contribution in [0.15, 0.2) is 59.1 Å². The Hall–Kier alpha value is -3.21. The Morgan fingerprint density at radius 2 is 1.89 bits per heavy atom. The van der Waals surface area contributed by atoms with E-state index in [4.69, 9.17) is 11.6 Å². The zero-order valence-electron chi connectivity index (χ0n) is 20.9. The lowest BCUT2D eigenvalue weighted by Crippen LogP contribution is -2.33. The largest absolute Gasteiger partial charge is 0.342 e. The van der Waals surface area contributed by atoms with Gasteiger partial charge in [0.25, 0.3) is 5.91 Å². The molecule has 0 bridgehead atoms. The number of aryl methyl sites for hydroxylation is 1. The monoisotopic (exact) mass is 554 g/mol. The molecule has 2 aromatic heterocycles. The van der Waals surface area contributed by atoms with Gasteiger partial charge in [-0.1, -0.05) is 67.0 Å². The van der Waals surface area contributed by atoms with E-state index in [-0.39, 0.29) is 29.5 Å². The van der Waals surface area contributed by atoms with Crippen LogP contribution in [0.25, 0.3) is 11.3 Å². The molecular weight excluding hydrogens is 528 g/mol. The first-order valence-electron chi connectivity index (χ1n) is 11.6. The van der Waals surface area contributed by atoms with Crippen molar-refractivity contribution in [2.75, 3.05) is 11.1 Å². The Labute approximate surface area is 228 Å². The number of anilines is 1. The number of halogens is 1. The normalized spacial score (nSPS) is 11.9. The third kappa shape index (κ3) is 6.76. The number of hydrogen-bond donors (Lipinski definition) is 2. The minimum absolute atomic E-state index is 0.0811. The standard InChI is InChI=1S/C26H27ClN6O2S2/c1-15(2)22(30-24(35)18-7-5-6-16(3)12-18)23-31-32-26(33(23)4)37-14-21(34)29-25-28-20(13-36-25)17-8-10-19(27)11-9-17/h5-13,15,22H,14H2,1-4H3,(H,30,35)(H,28,29,34). The lowest BCUT2D eigenvalue weighted by atomic mass is 10.0. The van der Waals surface area contributed by atoms with Gasteiger partial charge in [-0.25, -0.2) is 4.98 Å². The Bertz CT molecular complexity index is 1400. The zero-order valence-corrected chi connectivity index (χ0v) is 23.2. The Morgan fingerprint density at radius 1 is 1.14 bits per heavy atom. The molecule has 11 heteroatoms. The van der Waals surface area contributed by atoms with Gasteiger partial charge in [-0.2, -0.15) is 0 Å². The van der Waals surface area contributed by atoms with Crippen molar-refractivity contribution in [1.82, 2.24) is 25.1 Å². The highest BCUT2D eigenvalue weighted by molar-refractivity contribution is 7.99. The summed E-state index contributed by atoms with van der Waals surface area (Å²) < 4.78 is 1.82. The van der Waals surface area contributed by atoms with Gasteiger partial charge in [-0.15, -0.1) is 21.5 Å². The predicted octanol–water partition coefficient (Wildman–Crippen LogP) is 5.76. The first-order chi connectivity index (χ1) is 17.7. The maximum absolute atomic E-state index is 12.9. The molecule has 2 heterocycles. The van der Waals surface area contributed by atoms with Crippen LogP contribution in [0.5, 0.6) is 0 Å². The van der Waals surface area contributed by atoms with Gasteiger partial charge in [0.1, 0.15) is 0 Å². The minimum atomic E-state index is -0.338. The van der Waals surface area contributed by atoms with Crippen LogP contribution in [0.4, 0.5) is 5.13 Å². The van der Waals surface area contributed by atoms with E-state index in [0.29, 0.717) is 26.7 Å². The van der Waals surface area contributed by atoms with Crippen LogP contribution in [-0.2, 0) is 11.8 Å². The van der Waals surface area contributed by atoms with Crippen LogP contribution in [0.1, 0.15) is 41.6 Å². The number of thioether (sulfide) groups is 1. The second-order valence-electron chi connectivity index (χ2n) is 8.85. The molecule has 37 heavy (non-hydrogen) atoms. The van der Waals surface area contributed by atoms with E-state index in [1.54, 1.807) is 18.2 Å². The fourth-order valence-corrected chi connectivity index (χ4v) is 5.21. The quantitative estimate of drug-likeness (QED) is 0.255. The summed E-state index contributed by atoms with van der Waals surface area (Å²) in [6.45, 7) is 5.98. The van der Waals surface area contributed by atoms with Crippen LogP contribution in [0.3, 0.4) is 0 Å². The molecule has 8 nitrogen and oxygen atoms in total. The molecule has 0 aliphatic carbocycles. The molecule has 4 aromatic rings. The number of hydrogen-bond acceptors (Lipinski definition) is 7. The predicted molar refractivity (Wildman–Crippen MR) is 149 cm³/mol. The number of amides is 2. The Kier molecular flexibility index (Phi) is 8.63. The summed E-state index contributed by atoms with van der Waals surface area (Å²) in [6.07, 6.45) is 0. The van der Waals surface area contributed by atoms with E-state index in [0.717, 1.165) is 16.8 Å². The van der Waals surface area contributed by atoms with E-state index in [9.17, 15) is 9.59 Å². The van der Waals surface area contributed by atoms with E-state index >= 15 is 0 Å². The van der Waals surface area contributed by atoms with Crippen LogP contribution >= 0.6 is 34.7 Å². The van der Waals surface area contributed by atoms with Gasteiger partial charge in [0.05, 0.1) is 17.5 Å². The molecule has 2 aromatic carbocycles. The van der Waals surface area contributed by atoms with Crippen molar-refractivity contribution in [3.05, 3.63) is 75.9 Å². The fourth-order valence-electron chi connectivity index (χ4n) is 3.63. The number of nitrogens with one attached hydrogen (secondary N) is 2. The smallest absolute Gasteiger partial charge is 0.251 e. The number of aromatic nitrogens is 4. The van der Waals surface area contributed by atoms with Gasteiger partial charge >= 0.3 is 0 Å². The first-order valence-corrected chi connectivity index (χ1v) is 13.9. The van der Waals surface area contributed by atoms with E-state index in [1.165, 1.54) is 23.1 Å². The van der Waals surface area contributed by atoms with Gasteiger partial charge in [0.15, 0.2) is 16.1 Å². The molecule has 0 spiro atoms. The molecule has 0 aliphatic rings. The van der Waals surface area contributed by atoms with Crippen molar-refractivity contribution in [2.45, 2.75) is 32.0 Å². The number of thiazole rings is 1. The molecule has 1 unspecified atom stereocenters. The van der Waals surface area contributed by atoms with E-state index < -0.39 is 0 Å². The Balaban J connectivity index is 1.37. The van der Waals surface area contributed by atoms with Crippen LogP contribution in [-0.4, -0.2) is 37.3 Å². The second-order valence-corrected chi connectivity index (χ2v) is 11.1. The van der Waals surface area contributed by atoms with Gasteiger partial charge in [0, 0.05) is 28.6 Å². The molecule has 2 N–H and O–H groups in total. The lowest BCUT2D eigenvalue weighted by molar-refractivity contribution is -0.113. The molecule has 4 rings (SSSR count). The van der Waals surface area contributed by atoms with Crippen molar-refractivity contribution in [3.8, 4) is 11.3 Å². The molecule has 0 radical (unpaired) electrons. The SMILES string of the molecule is Cc1cccc(C(=O)NC(c2nnc(SCC(=O)Nc3nc(-c4ccc(Cl)cc4)cs3)n2C)C(C)C)c1. The number of rotatable bonds is 9. The van der Waals surface area contributed by atoms with E-state index in [2.05, 4.69) is 25.8 Å². The summed E-state index contributed by atoms with van der Waals surface area (Å²) in [7, 11) is 1.84. The fraction of sp³-hybridized carbons (Fsp3) is 0.269. The van der Waals surface area contributed by atoms with Crippen LogP contribution in [0.2, 0.25) is 5.02 Å². The molecule has 0 saturated carbocycles. The van der Waals surface area contributed by atoms with Crippen molar-refractivity contribution in [3.63, 3.8) is 0 Å². The number of nitrogens with zero attached hydrogens (tertiary/aromatic N) is 4. The summed E-state index contributed by atoms with van der Waals surface area (Å²) in [5, 5.41) is 18.2. The lowest BCUT2D eigenvalue weighted by Gasteiger charge is -2.21. The van der Waals surface area contributed by atoms with Gasteiger partial charge < -0.3 is 15.2 Å². The number of carbonyl (C=O) groups excluding carboxylic acids is 2. The van der Waals surface area contributed by atoms with Crippen molar-refractivity contribution in [2.24, 2.45) is 13.0 Å². The number of benzene rings is 2. The van der Waals surface area contributed by atoms with Crippen LogP contribution < -0.4 is 10.6 Å². The van der Waals surface area contributed by atoms with Crippen molar-refractivity contribution < 1.29 is 9.59 Å². The molecule has 0 saturated heterocycles. The molecule has 0 aliphatic heterocycles. The van der Waals surface area contributed by atoms with Crippen molar-refractivity contribution in [1.29, 1.82) is 0 Å². The summed E-state index contributed by atoms with van der Waals surface area (Å²) in [4.78, 5) is 29.9. The second kappa shape index (κ2) is 11.9. The summed E-state index contributed by atoms with van der Waals surface area (Å²) in [6, 6.07) is 14.5. The molecule has 2 amide bonds. The zero-order chi connectivity index (χ0) is 26.5. The molecule has 1 atom stereocenters. The Morgan fingerprint density at radius 3 is 2.59 bits per heavy atom. The maximum Gasteiger partial charge on any atom is 0.251 e. The summed E-state index contributed by atoms with van der Waals surface area (Å²) >= 11 is 8.58. The average Bonchev–Trinajstić information content (AvgIpc) is 3.48. The van der Waals surface area contributed by atoms with Gasteiger partial charge in [0.2, 0.25) is 5.91 Å². The highest BCUT2D eigenvalue weighted by atomic mass is 35.5. The molecule has 0 fully saturated rings. The topological polar surface area (TPSA) is 102 Å². The van der Waals surface area contributed by atoms with E-state index in [1.807, 2.05) is 68.1 Å².